The number of rotatable bonds is 1. The van der Waals surface area contributed by atoms with Gasteiger partial charge in [0.15, 0.2) is 0 Å². The van der Waals surface area contributed by atoms with Crippen LogP contribution in [0.2, 0.25) is 0 Å². The fraction of sp³-hybridized carbons (Fsp3) is 1.00. The lowest BCUT2D eigenvalue weighted by atomic mass is 10.0. The molecule has 0 unspecified atom stereocenters. The van der Waals surface area contributed by atoms with Crippen LogP contribution in [-0.2, 0) is 0 Å². The Kier molecular flexibility index (Phi) is 0.911. The molecule has 0 saturated heterocycles. The maximum atomic E-state index is 2.37. The van der Waals surface area contributed by atoms with E-state index in [9.17, 15) is 0 Å². The summed E-state index contributed by atoms with van der Waals surface area (Å²) in [6.07, 6.45) is 2.83. The third kappa shape index (κ3) is 0.667. The molecule has 1 aliphatic rings. The lowest BCUT2D eigenvalue weighted by molar-refractivity contribution is 0.502. The average Bonchev–Trinajstić information content (AvgIpc) is 2.18. The highest BCUT2D eigenvalue weighted by Gasteiger charge is 2.44. The zero-order valence-electron chi connectivity index (χ0n) is 5.49. The van der Waals surface area contributed by atoms with Crippen molar-refractivity contribution in [1.82, 2.24) is 0 Å². The summed E-state index contributed by atoms with van der Waals surface area (Å²) in [7, 11) is 0. The van der Waals surface area contributed by atoms with Gasteiger partial charge in [-0.05, 0) is 17.8 Å². The number of hydrogen-bond donors (Lipinski definition) is 0. The van der Waals surface area contributed by atoms with E-state index in [1.165, 1.54) is 12.8 Å². The van der Waals surface area contributed by atoms with Gasteiger partial charge in [-0.15, -0.1) is 0 Å². The predicted octanol–water partition coefficient (Wildman–Crippen LogP) is 2.44. The van der Waals surface area contributed by atoms with E-state index >= 15 is 0 Å². The van der Waals surface area contributed by atoms with Gasteiger partial charge in [0.05, 0.1) is 0 Å². The molecule has 0 aromatic heterocycles. The Labute approximate surface area is 45.9 Å². The van der Waals surface area contributed by atoms with Gasteiger partial charge in [-0.1, -0.05) is 27.2 Å². The van der Waals surface area contributed by atoms with Crippen molar-refractivity contribution >= 4 is 0 Å². The Bertz CT molecular complexity index is 72.1. The third-order valence-electron chi connectivity index (χ3n) is 2.61. The number of hydrogen-bond acceptors (Lipinski definition) is 0. The predicted molar refractivity (Wildman–Crippen MR) is 32.2 cm³/mol. The molecule has 0 bridgehead atoms. The Balaban J connectivity index is 2.36. The first kappa shape index (κ1) is 5.14. The maximum absolute atomic E-state index is 2.37. The van der Waals surface area contributed by atoms with Gasteiger partial charge in [0, 0.05) is 0 Å². The maximum Gasteiger partial charge on any atom is -0.0300 e. The van der Waals surface area contributed by atoms with E-state index in [2.05, 4.69) is 20.8 Å². The summed E-state index contributed by atoms with van der Waals surface area (Å²) >= 11 is 0. The smallest absolute Gasteiger partial charge is 0.0300 e. The molecule has 0 spiro atoms. The van der Waals surface area contributed by atoms with Gasteiger partial charge in [-0.3, -0.25) is 0 Å². The molecular formula is C7H14. The van der Waals surface area contributed by atoms with Crippen LogP contribution in [0.1, 0.15) is 33.6 Å². The van der Waals surface area contributed by atoms with Crippen LogP contribution >= 0.6 is 0 Å². The van der Waals surface area contributed by atoms with Crippen LogP contribution in [0.5, 0.6) is 0 Å². The molecule has 0 N–H and O–H groups in total. The standard InChI is InChI=1S/C7H14/c1-4-7(3)5-6(7)2/h6H,4-5H2,1-3H3/t6-,7-/m1/s1. The minimum absolute atomic E-state index is 0.750. The molecule has 1 saturated carbocycles. The molecule has 0 aromatic rings. The van der Waals surface area contributed by atoms with Gasteiger partial charge in [0.2, 0.25) is 0 Å². The van der Waals surface area contributed by atoms with E-state index in [4.69, 9.17) is 0 Å². The fourth-order valence-electron chi connectivity index (χ4n) is 1.13. The van der Waals surface area contributed by atoms with Gasteiger partial charge >= 0.3 is 0 Å². The summed E-state index contributed by atoms with van der Waals surface area (Å²) in [6, 6.07) is 0. The minimum Gasteiger partial charge on any atom is -0.0649 e. The second-order valence-electron chi connectivity index (χ2n) is 3.11. The van der Waals surface area contributed by atoms with Crippen LogP contribution in [0.4, 0.5) is 0 Å². The molecule has 2 atom stereocenters. The molecule has 42 valence electrons. The fourth-order valence-corrected chi connectivity index (χ4v) is 1.13. The monoisotopic (exact) mass is 98.1 g/mol. The zero-order chi connectivity index (χ0) is 5.49. The summed E-state index contributed by atoms with van der Waals surface area (Å²) in [5.74, 6) is 1.01. The second kappa shape index (κ2) is 1.24. The molecule has 0 aromatic carbocycles. The highest BCUT2D eigenvalue weighted by molar-refractivity contribution is 4.94. The van der Waals surface area contributed by atoms with Crippen molar-refractivity contribution in [3.63, 3.8) is 0 Å². The largest absolute Gasteiger partial charge is 0.0649 e. The topological polar surface area (TPSA) is 0 Å². The quantitative estimate of drug-likeness (QED) is 0.472. The van der Waals surface area contributed by atoms with E-state index in [1.807, 2.05) is 0 Å². The van der Waals surface area contributed by atoms with Crippen LogP contribution in [0.3, 0.4) is 0 Å². The molecule has 0 nitrogen and oxygen atoms in total. The average molecular weight is 98.2 g/mol. The first-order chi connectivity index (χ1) is 3.19. The van der Waals surface area contributed by atoms with Crippen molar-refractivity contribution < 1.29 is 0 Å². The van der Waals surface area contributed by atoms with Crippen molar-refractivity contribution in [3.05, 3.63) is 0 Å². The van der Waals surface area contributed by atoms with Gasteiger partial charge < -0.3 is 0 Å². The van der Waals surface area contributed by atoms with E-state index in [0.29, 0.717) is 0 Å². The summed E-state index contributed by atoms with van der Waals surface area (Å²) in [6.45, 7) is 6.99. The Morgan fingerprint density at radius 1 is 1.71 bits per heavy atom. The van der Waals surface area contributed by atoms with Gasteiger partial charge in [-0.2, -0.15) is 0 Å². The molecule has 0 heteroatoms. The molecule has 1 aliphatic carbocycles. The van der Waals surface area contributed by atoms with Crippen LogP contribution < -0.4 is 0 Å². The van der Waals surface area contributed by atoms with E-state index in [-0.39, 0.29) is 0 Å². The molecule has 1 rings (SSSR count). The minimum atomic E-state index is 0.750. The second-order valence-corrected chi connectivity index (χ2v) is 3.11. The molecule has 0 aliphatic heterocycles. The van der Waals surface area contributed by atoms with Crippen molar-refractivity contribution in [2.75, 3.05) is 0 Å². The lowest BCUT2D eigenvalue weighted by Crippen LogP contribution is -1.90. The molecule has 0 radical (unpaired) electrons. The van der Waals surface area contributed by atoms with E-state index in [0.717, 1.165) is 11.3 Å². The third-order valence-corrected chi connectivity index (χ3v) is 2.61. The van der Waals surface area contributed by atoms with Crippen LogP contribution in [0.15, 0.2) is 0 Å². The van der Waals surface area contributed by atoms with Crippen molar-refractivity contribution in [3.8, 4) is 0 Å². The Morgan fingerprint density at radius 2 is 2.14 bits per heavy atom. The van der Waals surface area contributed by atoms with E-state index < -0.39 is 0 Å². The van der Waals surface area contributed by atoms with Crippen LogP contribution in [0, 0.1) is 11.3 Å². The Morgan fingerprint density at radius 3 is 2.14 bits per heavy atom. The van der Waals surface area contributed by atoms with Gasteiger partial charge in [0.1, 0.15) is 0 Å². The summed E-state index contributed by atoms with van der Waals surface area (Å²) in [5, 5.41) is 0. The highest BCUT2D eigenvalue weighted by Crippen LogP contribution is 2.53. The zero-order valence-corrected chi connectivity index (χ0v) is 5.49. The normalized spacial score (nSPS) is 49.3. The van der Waals surface area contributed by atoms with Crippen molar-refractivity contribution in [2.45, 2.75) is 33.6 Å². The van der Waals surface area contributed by atoms with Crippen LogP contribution in [-0.4, -0.2) is 0 Å². The SMILES string of the molecule is CC[C@]1(C)C[C@H]1C. The Hall–Kier alpha value is 0. The van der Waals surface area contributed by atoms with Crippen molar-refractivity contribution in [2.24, 2.45) is 11.3 Å². The molecular weight excluding hydrogens is 84.1 g/mol. The summed E-state index contributed by atoms with van der Waals surface area (Å²) < 4.78 is 0. The molecule has 0 amide bonds. The first-order valence-corrected chi connectivity index (χ1v) is 3.19. The molecule has 1 fully saturated rings. The molecule has 7 heavy (non-hydrogen) atoms. The summed E-state index contributed by atoms with van der Waals surface area (Å²) in [4.78, 5) is 0. The molecule has 0 heterocycles. The lowest BCUT2D eigenvalue weighted by Gasteiger charge is -2.00. The highest BCUT2D eigenvalue weighted by atomic mass is 14.5. The first-order valence-electron chi connectivity index (χ1n) is 3.19. The van der Waals surface area contributed by atoms with Crippen molar-refractivity contribution in [1.29, 1.82) is 0 Å². The van der Waals surface area contributed by atoms with Gasteiger partial charge in [-0.25, -0.2) is 0 Å². The van der Waals surface area contributed by atoms with E-state index in [1.54, 1.807) is 0 Å². The summed E-state index contributed by atoms with van der Waals surface area (Å²) in [5.41, 5.74) is 0.750. The van der Waals surface area contributed by atoms with Gasteiger partial charge in [0.25, 0.3) is 0 Å². The van der Waals surface area contributed by atoms with Crippen LogP contribution in [0.25, 0.3) is 0 Å².